The minimum atomic E-state index is -4.22. The van der Waals surface area contributed by atoms with Crippen LogP contribution in [0.4, 0.5) is 13.2 Å². The van der Waals surface area contributed by atoms with E-state index in [1.165, 1.54) is 4.90 Å². The van der Waals surface area contributed by atoms with Gasteiger partial charge in [0.1, 0.15) is 0 Å². The summed E-state index contributed by atoms with van der Waals surface area (Å²) in [5.41, 5.74) is 0.160. The molecule has 1 atom stereocenters. The lowest BCUT2D eigenvalue weighted by atomic mass is 9.82. The Morgan fingerprint density at radius 3 is 2.15 bits per heavy atom. The minimum Gasteiger partial charge on any atom is -0.395 e. The highest BCUT2D eigenvalue weighted by atomic mass is 19.4. The summed E-state index contributed by atoms with van der Waals surface area (Å²) in [7, 11) is 0. The molecule has 0 aliphatic heterocycles. The molecule has 1 N–H and O–H groups in total. The first-order chi connectivity index (χ1) is 9.30. The maximum atomic E-state index is 12.6. The molecular weight excluding hydrogens is 267 g/mol. The second-order valence-corrected chi connectivity index (χ2v) is 5.41. The molecule has 0 amide bonds. The normalized spacial score (nSPS) is 15.3. The molecule has 5 heteroatoms. The molecule has 0 aliphatic rings. The Morgan fingerprint density at radius 1 is 1.10 bits per heavy atom. The number of aliphatic hydroxyl groups excluding tert-OH is 1. The summed E-state index contributed by atoms with van der Waals surface area (Å²) in [5.74, 6) is 0. The number of hydrogen-bond acceptors (Lipinski definition) is 2. The largest absolute Gasteiger partial charge is 0.401 e. The highest BCUT2D eigenvalue weighted by molar-refractivity contribution is 5.25. The molecule has 0 fully saturated rings. The number of halogens is 3. The van der Waals surface area contributed by atoms with Crippen molar-refractivity contribution < 1.29 is 18.3 Å². The summed E-state index contributed by atoms with van der Waals surface area (Å²) in [4.78, 5) is 1.36. The maximum Gasteiger partial charge on any atom is 0.401 e. The van der Waals surface area contributed by atoms with Gasteiger partial charge in [0.15, 0.2) is 0 Å². The molecule has 114 valence electrons. The van der Waals surface area contributed by atoms with Gasteiger partial charge in [-0.15, -0.1) is 0 Å². The van der Waals surface area contributed by atoms with E-state index in [4.69, 9.17) is 0 Å². The van der Waals surface area contributed by atoms with E-state index in [0.29, 0.717) is 13.0 Å². The van der Waals surface area contributed by atoms with Crippen molar-refractivity contribution >= 4 is 0 Å². The molecule has 1 aromatic rings. The second kappa shape index (κ2) is 7.09. The number of alkyl halides is 3. The van der Waals surface area contributed by atoms with Gasteiger partial charge in [0.2, 0.25) is 0 Å². The van der Waals surface area contributed by atoms with E-state index in [2.05, 4.69) is 0 Å². The van der Waals surface area contributed by atoms with E-state index in [9.17, 15) is 18.3 Å². The van der Waals surface area contributed by atoms with Gasteiger partial charge < -0.3 is 5.11 Å². The van der Waals surface area contributed by atoms with Gasteiger partial charge in [0.05, 0.1) is 13.2 Å². The smallest absolute Gasteiger partial charge is 0.395 e. The van der Waals surface area contributed by atoms with Crippen molar-refractivity contribution in [2.45, 2.75) is 31.9 Å². The first-order valence-electron chi connectivity index (χ1n) is 6.76. The Bertz CT molecular complexity index is 394. The van der Waals surface area contributed by atoms with Crippen LogP contribution in [0.1, 0.15) is 25.8 Å². The van der Waals surface area contributed by atoms with Gasteiger partial charge in [0, 0.05) is 12.0 Å². The molecule has 0 bridgehead atoms. The van der Waals surface area contributed by atoms with Crippen molar-refractivity contribution in [1.82, 2.24) is 4.90 Å². The Hall–Kier alpha value is -1.07. The molecule has 1 aromatic carbocycles. The van der Waals surface area contributed by atoms with Gasteiger partial charge in [0.25, 0.3) is 0 Å². The third-order valence-electron chi connectivity index (χ3n) is 3.33. The number of benzene rings is 1. The highest BCUT2D eigenvalue weighted by Gasteiger charge is 2.35. The van der Waals surface area contributed by atoms with Crippen LogP contribution in [0.2, 0.25) is 0 Å². The third-order valence-corrected chi connectivity index (χ3v) is 3.33. The lowest BCUT2D eigenvalue weighted by Crippen LogP contribution is -2.45. The van der Waals surface area contributed by atoms with E-state index >= 15 is 0 Å². The fourth-order valence-corrected chi connectivity index (χ4v) is 2.35. The van der Waals surface area contributed by atoms with E-state index < -0.39 is 18.1 Å². The summed E-state index contributed by atoms with van der Waals surface area (Å²) in [6.45, 7) is 3.06. The lowest BCUT2D eigenvalue weighted by molar-refractivity contribution is -0.148. The number of rotatable bonds is 7. The fraction of sp³-hybridized carbons (Fsp3) is 0.600. The topological polar surface area (TPSA) is 23.5 Å². The maximum absolute atomic E-state index is 12.6. The zero-order valence-electron chi connectivity index (χ0n) is 12.0. The van der Waals surface area contributed by atoms with Crippen LogP contribution in [0.15, 0.2) is 30.3 Å². The van der Waals surface area contributed by atoms with Gasteiger partial charge in [-0.3, -0.25) is 4.90 Å². The van der Waals surface area contributed by atoms with Gasteiger partial charge in [-0.25, -0.2) is 0 Å². The molecule has 0 saturated heterocycles. The van der Waals surface area contributed by atoms with E-state index in [1.807, 2.05) is 37.3 Å². The van der Waals surface area contributed by atoms with Crippen LogP contribution in [0, 0.1) is 0 Å². The van der Waals surface area contributed by atoms with Crippen LogP contribution in [-0.4, -0.2) is 42.4 Å². The van der Waals surface area contributed by atoms with Crippen molar-refractivity contribution in [2.24, 2.45) is 0 Å². The van der Waals surface area contributed by atoms with Crippen molar-refractivity contribution in [3.8, 4) is 0 Å². The molecule has 0 heterocycles. The van der Waals surface area contributed by atoms with Gasteiger partial charge in [-0.05, 0) is 18.5 Å². The van der Waals surface area contributed by atoms with Crippen molar-refractivity contribution in [1.29, 1.82) is 0 Å². The van der Waals surface area contributed by atoms with Crippen LogP contribution in [0.25, 0.3) is 0 Å². The molecule has 0 aromatic heterocycles. The molecule has 0 saturated carbocycles. The molecule has 2 nitrogen and oxygen atoms in total. The van der Waals surface area contributed by atoms with Gasteiger partial charge in [-0.2, -0.15) is 13.2 Å². The van der Waals surface area contributed by atoms with Crippen LogP contribution < -0.4 is 0 Å². The lowest BCUT2D eigenvalue weighted by Gasteiger charge is -2.35. The average molecular weight is 289 g/mol. The quantitative estimate of drug-likeness (QED) is 0.833. The Morgan fingerprint density at radius 2 is 1.70 bits per heavy atom. The fourth-order valence-electron chi connectivity index (χ4n) is 2.35. The molecular formula is C15H22F3NO. The van der Waals surface area contributed by atoms with Gasteiger partial charge in [-0.1, -0.05) is 44.2 Å². The number of nitrogens with zero attached hydrogens (tertiary/aromatic N) is 1. The average Bonchev–Trinajstić information content (AvgIpc) is 2.38. The monoisotopic (exact) mass is 289 g/mol. The SMILES string of the molecule is CCCN(CC(F)(F)F)CC(C)(CO)c1ccccc1. The first kappa shape index (κ1) is 17.0. The van der Waals surface area contributed by atoms with E-state index in [-0.39, 0.29) is 13.2 Å². The van der Waals surface area contributed by atoms with Crippen molar-refractivity contribution in [3.05, 3.63) is 35.9 Å². The molecule has 0 aliphatic carbocycles. The third kappa shape index (κ3) is 5.13. The Labute approximate surface area is 118 Å². The molecule has 20 heavy (non-hydrogen) atoms. The molecule has 1 rings (SSSR count). The van der Waals surface area contributed by atoms with Crippen LogP contribution >= 0.6 is 0 Å². The van der Waals surface area contributed by atoms with Crippen LogP contribution in [-0.2, 0) is 5.41 Å². The second-order valence-electron chi connectivity index (χ2n) is 5.41. The Kier molecular flexibility index (Phi) is 6.02. The van der Waals surface area contributed by atoms with Gasteiger partial charge >= 0.3 is 6.18 Å². The van der Waals surface area contributed by atoms with Crippen molar-refractivity contribution in [2.75, 3.05) is 26.2 Å². The zero-order chi connectivity index (χ0) is 15.2. The minimum absolute atomic E-state index is 0.181. The molecule has 0 spiro atoms. The van der Waals surface area contributed by atoms with Crippen LogP contribution in [0.5, 0.6) is 0 Å². The standard InChI is InChI=1S/C15H22F3NO/c1-3-9-19(11-15(16,17)18)10-14(2,12-20)13-7-5-4-6-8-13/h4-8,20H,3,9-12H2,1-2H3. The molecule has 1 unspecified atom stereocenters. The highest BCUT2D eigenvalue weighted by Crippen LogP contribution is 2.26. The molecule has 0 radical (unpaired) electrons. The van der Waals surface area contributed by atoms with Crippen molar-refractivity contribution in [3.63, 3.8) is 0 Å². The van der Waals surface area contributed by atoms with E-state index in [1.54, 1.807) is 6.92 Å². The summed E-state index contributed by atoms with van der Waals surface area (Å²) in [6, 6.07) is 9.19. The summed E-state index contributed by atoms with van der Waals surface area (Å²) < 4.78 is 37.8. The predicted octanol–water partition coefficient (Wildman–Crippen LogP) is 3.21. The van der Waals surface area contributed by atoms with E-state index in [0.717, 1.165) is 5.56 Å². The summed E-state index contributed by atoms with van der Waals surface area (Å²) >= 11 is 0. The first-order valence-corrected chi connectivity index (χ1v) is 6.76. The Balaban J connectivity index is 2.88. The predicted molar refractivity (Wildman–Crippen MR) is 73.7 cm³/mol. The summed E-state index contributed by atoms with van der Waals surface area (Å²) in [5, 5.41) is 9.65. The van der Waals surface area contributed by atoms with Crippen LogP contribution in [0.3, 0.4) is 0 Å². The zero-order valence-corrected chi connectivity index (χ0v) is 12.0. The number of aliphatic hydroxyl groups is 1. The number of hydrogen-bond donors (Lipinski definition) is 1. The summed E-state index contributed by atoms with van der Waals surface area (Å²) in [6.07, 6.45) is -3.57.